The number of nitrogens with one attached hydrogen (secondary N) is 1. The number of carbonyl (C=O) groups excluding carboxylic acids is 2. The van der Waals surface area contributed by atoms with Crippen molar-refractivity contribution in [3.8, 4) is 0 Å². The molecule has 0 fully saturated rings. The van der Waals surface area contributed by atoms with Crippen molar-refractivity contribution in [2.24, 2.45) is 5.73 Å². The van der Waals surface area contributed by atoms with E-state index in [2.05, 4.69) is 28.9 Å². The summed E-state index contributed by atoms with van der Waals surface area (Å²) in [6.07, 6.45) is 0. The fourth-order valence-corrected chi connectivity index (χ4v) is 2.90. The number of amides is 2. The van der Waals surface area contributed by atoms with Crippen molar-refractivity contribution < 1.29 is 9.59 Å². The Kier molecular flexibility index (Phi) is 4.83. The molecule has 0 saturated heterocycles. The molecule has 128 valence electrons. The van der Waals surface area contributed by atoms with Crippen LogP contribution in [-0.4, -0.2) is 21.9 Å². The van der Waals surface area contributed by atoms with Crippen LogP contribution < -0.4 is 11.1 Å². The minimum absolute atomic E-state index is 0.108. The molecular weight excluding hydrogens is 302 g/mol. The maximum absolute atomic E-state index is 12.6. The first-order chi connectivity index (χ1) is 11.1. The van der Waals surface area contributed by atoms with Gasteiger partial charge < -0.3 is 15.6 Å². The van der Waals surface area contributed by atoms with Crippen molar-refractivity contribution in [1.29, 1.82) is 0 Å². The van der Waals surface area contributed by atoms with E-state index in [0.29, 0.717) is 5.56 Å². The summed E-state index contributed by atoms with van der Waals surface area (Å²) in [7, 11) is 0. The van der Waals surface area contributed by atoms with Crippen molar-refractivity contribution in [3.63, 3.8) is 0 Å². The van der Waals surface area contributed by atoms with Crippen LogP contribution in [0.1, 0.15) is 54.1 Å². The molecule has 0 spiro atoms. The topological polar surface area (TPSA) is 77.1 Å². The fourth-order valence-electron chi connectivity index (χ4n) is 2.90. The lowest BCUT2D eigenvalue weighted by Crippen LogP contribution is -2.53. The zero-order chi connectivity index (χ0) is 18.1. The van der Waals surface area contributed by atoms with Crippen LogP contribution in [0.15, 0.2) is 36.4 Å². The summed E-state index contributed by atoms with van der Waals surface area (Å²) < 4.78 is 2.13. The normalized spacial score (nSPS) is 12.7. The van der Waals surface area contributed by atoms with Gasteiger partial charge in [-0.25, -0.2) is 0 Å². The lowest BCUT2D eigenvalue weighted by atomic mass is 10.0. The predicted octanol–water partition coefficient (Wildman–Crippen LogP) is 2.71. The van der Waals surface area contributed by atoms with Crippen LogP contribution in [0, 0.1) is 13.8 Å². The van der Waals surface area contributed by atoms with E-state index < -0.39 is 11.4 Å². The number of hydrogen-bond acceptors (Lipinski definition) is 2. The van der Waals surface area contributed by atoms with E-state index in [0.717, 1.165) is 11.4 Å². The summed E-state index contributed by atoms with van der Waals surface area (Å²) in [6.45, 7) is 9.18. The quantitative estimate of drug-likeness (QED) is 0.886. The van der Waals surface area contributed by atoms with Crippen LogP contribution in [0.3, 0.4) is 0 Å². The van der Waals surface area contributed by atoms with Crippen molar-refractivity contribution in [2.75, 3.05) is 0 Å². The highest BCUT2D eigenvalue weighted by molar-refractivity contribution is 5.99. The molecule has 2 rings (SSSR count). The van der Waals surface area contributed by atoms with Gasteiger partial charge in [0.25, 0.3) is 5.91 Å². The molecule has 0 bridgehead atoms. The van der Waals surface area contributed by atoms with Gasteiger partial charge in [0.05, 0.1) is 11.6 Å². The lowest BCUT2D eigenvalue weighted by Gasteiger charge is -2.22. The average molecular weight is 327 g/mol. The standard InChI is InChI=1S/C19H25N3O2/c1-12-11-16(17(23)21-19(4,5)18(20)24)14(3)22(12)13(2)15-9-7-6-8-10-15/h6-11,13H,1-5H3,(H2,20,24)(H,21,23)/t13-/m0/s1. The van der Waals surface area contributed by atoms with E-state index in [-0.39, 0.29) is 11.9 Å². The van der Waals surface area contributed by atoms with E-state index in [4.69, 9.17) is 5.73 Å². The highest BCUT2D eigenvalue weighted by Gasteiger charge is 2.29. The first-order valence-corrected chi connectivity index (χ1v) is 8.01. The first kappa shape index (κ1) is 17.8. The van der Waals surface area contributed by atoms with Gasteiger partial charge in [-0.15, -0.1) is 0 Å². The molecule has 1 heterocycles. The number of hydrogen-bond donors (Lipinski definition) is 2. The molecule has 2 aromatic rings. The first-order valence-electron chi connectivity index (χ1n) is 8.01. The summed E-state index contributed by atoms with van der Waals surface area (Å²) in [5.41, 5.74) is 7.83. The van der Waals surface area contributed by atoms with Crippen LogP contribution in [0.5, 0.6) is 0 Å². The van der Waals surface area contributed by atoms with Gasteiger partial charge in [0.2, 0.25) is 5.91 Å². The summed E-state index contributed by atoms with van der Waals surface area (Å²) >= 11 is 0. The molecular formula is C19H25N3O2. The van der Waals surface area contributed by atoms with E-state index in [9.17, 15) is 9.59 Å². The van der Waals surface area contributed by atoms with Gasteiger partial charge in [0.15, 0.2) is 0 Å². The second-order valence-electron chi connectivity index (χ2n) is 6.68. The lowest BCUT2D eigenvalue weighted by molar-refractivity contribution is -0.122. The zero-order valence-electron chi connectivity index (χ0n) is 14.9. The average Bonchev–Trinajstić information content (AvgIpc) is 2.82. The second kappa shape index (κ2) is 6.51. The van der Waals surface area contributed by atoms with Gasteiger partial charge >= 0.3 is 0 Å². The van der Waals surface area contributed by atoms with Crippen LogP contribution >= 0.6 is 0 Å². The number of aromatic nitrogens is 1. The number of primary amides is 1. The zero-order valence-corrected chi connectivity index (χ0v) is 14.9. The van der Waals surface area contributed by atoms with Gasteiger partial charge in [-0.3, -0.25) is 9.59 Å². The SMILES string of the molecule is Cc1cc(C(=O)NC(C)(C)C(N)=O)c(C)n1[C@@H](C)c1ccccc1. The van der Waals surface area contributed by atoms with Crippen LogP contribution in [0.2, 0.25) is 0 Å². The molecule has 1 aromatic carbocycles. The maximum atomic E-state index is 12.6. The molecule has 0 aliphatic carbocycles. The Morgan fingerprint density at radius 3 is 2.29 bits per heavy atom. The van der Waals surface area contributed by atoms with Crippen LogP contribution in [-0.2, 0) is 4.79 Å². The highest BCUT2D eigenvalue weighted by atomic mass is 16.2. The Bertz CT molecular complexity index is 760. The molecule has 0 aliphatic heterocycles. The van der Waals surface area contributed by atoms with Crippen molar-refractivity contribution in [3.05, 3.63) is 58.9 Å². The predicted molar refractivity (Wildman–Crippen MR) is 94.9 cm³/mol. The molecule has 1 atom stereocenters. The summed E-state index contributed by atoms with van der Waals surface area (Å²) in [6, 6.07) is 12.1. The Morgan fingerprint density at radius 1 is 1.17 bits per heavy atom. The van der Waals surface area contributed by atoms with Crippen LogP contribution in [0.4, 0.5) is 0 Å². The third-order valence-electron chi connectivity index (χ3n) is 4.44. The maximum Gasteiger partial charge on any atom is 0.253 e. The minimum Gasteiger partial charge on any atom is -0.368 e. The Labute approximate surface area is 142 Å². The Balaban J connectivity index is 2.36. The highest BCUT2D eigenvalue weighted by Crippen LogP contribution is 2.25. The minimum atomic E-state index is -1.09. The van der Waals surface area contributed by atoms with Gasteiger partial charge in [-0.1, -0.05) is 30.3 Å². The monoisotopic (exact) mass is 327 g/mol. The third-order valence-corrected chi connectivity index (χ3v) is 4.44. The van der Waals surface area contributed by atoms with E-state index >= 15 is 0 Å². The number of nitrogens with two attached hydrogens (primary N) is 1. The second-order valence-corrected chi connectivity index (χ2v) is 6.68. The number of benzene rings is 1. The van der Waals surface area contributed by atoms with Crippen molar-refractivity contribution in [2.45, 2.75) is 46.2 Å². The van der Waals surface area contributed by atoms with Gasteiger partial charge in [0, 0.05) is 11.4 Å². The number of rotatable bonds is 5. The van der Waals surface area contributed by atoms with E-state index in [1.165, 1.54) is 5.56 Å². The molecule has 1 aromatic heterocycles. The Hall–Kier alpha value is -2.56. The van der Waals surface area contributed by atoms with E-state index in [1.54, 1.807) is 13.8 Å². The molecule has 0 unspecified atom stereocenters. The van der Waals surface area contributed by atoms with Crippen molar-refractivity contribution >= 4 is 11.8 Å². The fraction of sp³-hybridized carbons (Fsp3) is 0.368. The smallest absolute Gasteiger partial charge is 0.253 e. The molecule has 0 radical (unpaired) electrons. The van der Waals surface area contributed by atoms with Gasteiger partial charge in [-0.2, -0.15) is 0 Å². The van der Waals surface area contributed by atoms with E-state index in [1.807, 2.05) is 38.1 Å². The number of nitrogens with zero attached hydrogens (tertiary/aromatic N) is 1. The number of carbonyl (C=O) groups is 2. The summed E-state index contributed by atoms with van der Waals surface area (Å²) in [5, 5.41) is 2.71. The summed E-state index contributed by atoms with van der Waals surface area (Å²) in [4.78, 5) is 24.0. The summed E-state index contributed by atoms with van der Waals surface area (Å²) in [5.74, 6) is -0.860. The molecule has 2 amide bonds. The van der Waals surface area contributed by atoms with Crippen molar-refractivity contribution in [1.82, 2.24) is 9.88 Å². The molecule has 0 aliphatic rings. The van der Waals surface area contributed by atoms with Gasteiger partial charge in [-0.05, 0) is 46.2 Å². The van der Waals surface area contributed by atoms with Crippen LogP contribution in [0.25, 0.3) is 0 Å². The number of aryl methyl sites for hydroxylation is 1. The third kappa shape index (κ3) is 3.35. The molecule has 5 nitrogen and oxygen atoms in total. The molecule has 5 heteroatoms. The molecule has 0 saturated carbocycles. The van der Waals surface area contributed by atoms with Gasteiger partial charge in [0.1, 0.15) is 5.54 Å². The molecule has 3 N–H and O–H groups in total. The Morgan fingerprint density at radius 2 is 1.75 bits per heavy atom. The molecule has 24 heavy (non-hydrogen) atoms. The largest absolute Gasteiger partial charge is 0.368 e.